The molecule has 1 saturated carbocycles. The van der Waals surface area contributed by atoms with E-state index in [1.54, 1.807) is 6.07 Å². The molecule has 7 heteroatoms. The molecule has 2 aromatic carbocycles. The summed E-state index contributed by atoms with van der Waals surface area (Å²) in [5.74, 6) is -4.76. The van der Waals surface area contributed by atoms with Crippen LogP contribution < -0.4 is 0 Å². The van der Waals surface area contributed by atoms with Gasteiger partial charge in [-0.25, -0.2) is 0 Å². The second-order valence-electron chi connectivity index (χ2n) is 11.2. The topological polar surface area (TPSA) is 132 Å². The number of aryl methyl sites for hydroxylation is 1. The molecule has 38 heavy (non-hydrogen) atoms. The van der Waals surface area contributed by atoms with Crippen LogP contribution in [-0.2, 0) is 27.2 Å². The Balaban J connectivity index is 1.60. The lowest BCUT2D eigenvalue weighted by Gasteiger charge is -2.46. The summed E-state index contributed by atoms with van der Waals surface area (Å²) in [5, 5.41) is 44.2. The van der Waals surface area contributed by atoms with Crippen LogP contribution >= 0.6 is 0 Å². The number of phenolic OH excluding ortho intramolecular Hbond substituents is 1. The largest absolute Gasteiger partial charge is 0.508 e. The van der Waals surface area contributed by atoms with Gasteiger partial charge >= 0.3 is 0 Å². The highest BCUT2D eigenvalue weighted by Crippen LogP contribution is 2.53. The van der Waals surface area contributed by atoms with E-state index < -0.39 is 51.9 Å². The summed E-state index contributed by atoms with van der Waals surface area (Å²) in [6.07, 6.45) is 2.23. The minimum Gasteiger partial charge on any atom is -0.508 e. The monoisotopic (exact) mass is 516 g/mol. The number of hydrogen-bond donors (Lipinski definition) is 4. The van der Waals surface area contributed by atoms with Gasteiger partial charge in [0.2, 0.25) is 5.78 Å². The van der Waals surface area contributed by atoms with Crippen molar-refractivity contribution >= 4 is 23.1 Å². The van der Waals surface area contributed by atoms with Gasteiger partial charge in [0.15, 0.2) is 17.2 Å². The first-order valence-electron chi connectivity index (χ1n) is 13.1. The molecule has 0 unspecified atom stereocenters. The molecule has 0 spiro atoms. The van der Waals surface area contributed by atoms with E-state index in [4.69, 9.17) is 0 Å². The van der Waals surface area contributed by atoms with Crippen molar-refractivity contribution in [2.24, 2.45) is 17.8 Å². The second kappa shape index (κ2) is 9.24. The number of phenols is 1. The molecule has 0 bridgehead atoms. The Morgan fingerprint density at radius 1 is 1.03 bits per heavy atom. The highest BCUT2D eigenvalue weighted by atomic mass is 16.3. The van der Waals surface area contributed by atoms with E-state index in [0.29, 0.717) is 17.9 Å². The number of carbonyl (C=O) groups excluding carboxylic acids is 3. The number of ketones is 3. The third-order valence-electron chi connectivity index (χ3n) is 8.33. The molecule has 0 amide bonds. The minimum absolute atomic E-state index is 0.100. The third kappa shape index (κ3) is 3.88. The lowest BCUT2D eigenvalue weighted by Crippen LogP contribution is -2.57. The van der Waals surface area contributed by atoms with E-state index in [1.165, 1.54) is 11.6 Å². The lowest BCUT2D eigenvalue weighted by atomic mass is 9.59. The molecule has 4 N–H and O–H groups in total. The zero-order chi connectivity index (χ0) is 27.5. The molecule has 3 aliphatic carbocycles. The number of benzene rings is 2. The van der Waals surface area contributed by atoms with Gasteiger partial charge in [0.25, 0.3) is 0 Å². The fourth-order valence-corrected chi connectivity index (χ4v) is 6.31. The first-order valence-corrected chi connectivity index (χ1v) is 13.1. The van der Waals surface area contributed by atoms with E-state index in [9.17, 15) is 34.8 Å². The van der Waals surface area contributed by atoms with E-state index in [2.05, 4.69) is 26.0 Å². The summed E-state index contributed by atoms with van der Waals surface area (Å²) in [5.41, 5.74) is 0.580. The third-order valence-corrected chi connectivity index (χ3v) is 8.33. The maximum atomic E-state index is 13.7. The Kier molecular flexibility index (Phi) is 6.30. The van der Waals surface area contributed by atoms with Crippen molar-refractivity contribution in [1.82, 2.24) is 0 Å². The standard InChI is InChI=1S/C31H32O7/c1-15(2)4-5-17-6-8-18(9-7-17)21-10-11-23(33)27-22(21)13-19-12-20-14-24(34)25(16(3)32)29(36)31(20,38)30(37)26(19)28(27)35/h6-11,15,19-20,33,35-36,38H,4-5,12-14H2,1-3H3/t19-,20+,31-/m1/s1. The maximum absolute atomic E-state index is 13.7. The highest BCUT2D eigenvalue weighted by molar-refractivity contribution is 6.23. The minimum atomic E-state index is -2.48. The van der Waals surface area contributed by atoms with Crippen LogP contribution in [0.25, 0.3) is 16.9 Å². The van der Waals surface area contributed by atoms with Crippen LogP contribution in [-0.4, -0.2) is 43.4 Å². The molecule has 2 aromatic rings. The van der Waals surface area contributed by atoms with Crippen molar-refractivity contribution in [2.45, 2.75) is 58.5 Å². The Labute approximate surface area is 221 Å². The molecular weight excluding hydrogens is 484 g/mol. The van der Waals surface area contributed by atoms with Crippen molar-refractivity contribution in [2.75, 3.05) is 0 Å². The number of Topliss-reactive ketones (excluding diaryl/α,β-unsaturated/α-hetero) is 3. The van der Waals surface area contributed by atoms with Gasteiger partial charge in [-0.05, 0) is 72.8 Å². The van der Waals surface area contributed by atoms with Crippen LogP contribution in [0.1, 0.15) is 56.7 Å². The number of aliphatic hydroxyl groups is 3. The van der Waals surface area contributed by atoms with Gasteiger partial charge in [0.05, 0.1) is 5.56 Å². The first-order chi connectivity index (χ1) is 17.9. The van der Waals surface area contributed by atoms with Gasteiger partial charge in [0.1, 0.15) is 22.8 Å². The van der Waals surface area contributed by atoms with Crippen molar-refractivity contribution in [3.05, 3.63) is 70.0 Å². The molecule has 0 aliphatic heterocycles. The summed E-state index contributed by atoms with van der Waals surface area (Å²) in [6.45, 7) is 5.46. The average molecular weight is 517 g/mol. The summed E-state index contributed by atoms with van der Waals surface area (Å²) < 4.78 is 0. The molecule has 0 aromatic heterocycles. The number of rotatable bonds is 5. The second-order valence-corrected chi connectivity index (χ2v) is 11.2. The lowest BCUT2D eigenvalue weighted by molar-refractivity contribution is -0.147. The first kappa shape index (κ1) is 25.9. The number of aromatic hydroxyl groups is 1. The van der Waals surface area contributed by atoms with Gasteiger partial charge in [-0.3, -0.25) is 14.4 Å². The molecule has 0 radical (unpaired) electrons. The van der Waals surface area contributed by atoms with Gasteiger partial charge in [-0.2, -0.15) is 0 Å². The fraction of sp³-hybridized carbons (Fsp3) is 0.387. The van der Waals surface area contributed by atoms with Crippen LogP contribution in [0.5, 0.6) is 5.75 Å². The predicted molar refractivity (Wildman–Crippen MR) is 141 cm³/mol. The Hall–Kier alpha value is -3.71. The van der Waals surface area contributed by atoms with Crippen molar-refractivity contribution in [1.29, 1.82) is 0 Å². The van der Waals surface area contributed by atoms with Crippen molar-refractivity contribution in [3.8, 4) is 16.9 Å². The van der Waals surface area contributed by atoms with Gasteiger partial charge < -0.3 is 20.4 Å². The zero-order valence-corrected chi connectivity index (χ0v) is 21.7. The number of fused-ring (bicyclic) bond motifs is 3. The van der Waals surface area contributed by atoms with E-state index in [-0.39, 0.29) is 29.7 Å². The van der Waals surface area contributed by atoms with Crippen molar-refractivity contribution in [3.63, 3.8) is 0 Å². The molecule has 198 valence electrons. The summed E-state index contributed by atoms with van der Waals surface area (Å²) in [4.78, 5) is 38.3. The van der Waals surface area contributed by atoms with Crippen LogP contribution in [0.4, 0.5) is 0 Å². The Morgan fingerprint density at radius 2 is 1.71 bits per heavy atom. The average Bonchev–Trinajstić information content (AvgIpc) is 2.85. The van der Waals surface area contributed by atoms with E-state index in [1.807, 2.05) is 12.1 Å². The SMILES string of the molecule is CC(=O)C1=C(O)[C@@]2(O)C(=O)C3=C(O)c4c(O)ccc(-c5ccc(CCC(C)C)cc5)c4C[C@H]3C[C@H]2CC1=O. The van der Waals surface area contributed by atoms with E-state index >= 15 is 0 Å². The Morgan fingerprint density at radius 3 is 2.34 bits per heavy atom. The summed E-state index contributed by atoms with van der Waals surface area (Å²) in [6, 6.07) is 11.4. The van der Waals surface area contributed by atoms with Gasteiger partial charge in [-0.1, -0.05) is 44.2 Å². The Bertz CT molecular complexity index is 1430. The molecule has 0 saturated heterocycles. The molecule has 7 nitrogen and oxygen atoms in total. The normalized spacial score (nSPS) is 24.9. The van der Waals surface area contributed by atoms with Crippen LogP contribution in [0.2, 0.25) is 0 Å². The fourth-order valence-electron chi connectivity index (χ4n) is 6.31. The number of aliphatic hydroxyl groups excluding tert-OH is 2. The molecule has 3 atom stereocenters. The maximum Gasteiger partial charge on any atom is 0.202 e. The molecular formula is C31H32O7. The molecule has 5 rings (SSSR count). The molecule has 3 aliphatic rings. The predicted octanol–water partition coefficient (Wildman–Crippen LogP) is 4.78. The van der Waals surface area contributed by atoms with Crippen LogP contribution in [0.3, 0.4) is 0 Å². The van der Waals surface area contributed by atoms with Gasteiger partial charge in [-0.15, -0.1) is 0 Å². The van der Waals surface area contributed by atoms with Crippen LogP contribution in [0.15, 0.2) is 53.3 Å². The zero-order valence-electron chi connectivity index (χ0n) is 21.7. The molecule has 1 fully saturated rings. The number of hydrogen-bond acceptors (Lipinski definition) is 7. The van der Waals surface area contributed by atoms with Crippen LogP contribution in [0, 0.1) is 17.8 Å². The quantitative estimate of drug-likeness (QED) is 0.420. The van der Waals surface area contributed by atoms with Crippen molar-refractivity contribution < 1.29 is 34.8 Å². The number of allylic oxidation sites excluding steroid dienone is 1. The highest BCUT2D eigenvalue weighted by Gasteiger charge is 2.60. The van der Waals surface area contributed by atoms with Gasteiger partial charge in [0, 0.05) is 17.9 Å². The summed E-state index contributed by atoms with van der Waals surface area (Å²) >= 11 is 0. The summed E-state index contributed by atoms with van der Waals surface area (Å²) in [7, 11) is 0. The number of carbonyl (C=O) groups is 3. The van der Waals surface area contributed by atoms with E-state index in [0.717, 1.165) is 30.9 Å². The molecule has 0 heterocycles. The smallest absolute Gasteiger partial charge is 0.202 e.